The summed E-state index contributed by atoms with van der Waals surface area (Å²) in [6, 6.07) is 4.02. The van der Waals surface area contributed by atoms with Crippen LogP contribution in [-0.4, -0.2) is 7.11 Å². The van der Waals surface area contributed by atoms with Gasteiger partial charge in [0.25, 0.3) is 0 Å². The average Bonchev–Trinajstić information content (AvgIpc) is 2.17. The molecule has 1 rings (SSSR count). The highest BCUT2D eigenvalue weighted by Crippen LogP contribution is 2.30. The van der Waals surface area contributed by atoms with E-state index in [2.05, 4.69) is 15.9 Å². The van der Waals surface area contributed by atoms with Gasteiger partial charge in [-0.05, 0) is 28.1 Å². The van der Waals surface area contributed by atoms with Crippen LogP contribution in [0, 0.1) is 0 Å². The molecule has 4 heteroatoms. The monoisotopic (exact) mass is 224 g/mol. The molecule has 0 aromatic carbocycles. The van der Waals surface area contributed by atoms with Gasteiger partial charge in [0.1, 0.15) is 0 Å². The van der Waals surface area contributed by atoms with Gasteiger partial charge in [0.05, 0.1) is 15.1 Å². The minimum absolute atomic E-state index is 1.14. The van der Waals surface area contributed by atoms with E-state index in [-0.39, 0.29) is 0 Å². The van der Waals surface area contributed by atoms with Crippen molar-refractivity contribution in [3.63, 3.8) is 0 Å². The van der Waals surface area contributed by atoms with Crippen molar-refractivity contribution in [1.82, 2.24) is 0 Å². The van der Waals surface area contributed by atoms with Gasteiger partial charge in [-0.25, -0.2) is 0 Å². The molecule has 0 aliphatic heterocycles. The highest BCUT2D eigenvalue weighted by atomic mass is 79.9. The molecule has 0 spiro atoms. The van der Waals surface area contributed by atoms with E-state index in [0.29, 0.717) is 0 Å². The maximum absolute atomic E-state index is 4.85. The Morgan fingerprint density at radius 2 is 2.44 bits per heavy atom. The fraction of sp³-hybridized carbons (Fsp3) is 0.200. The summed E-state index contributed by atoms with van der Waals surface area (Å²) < 4.78 is 7.16. The summed E-state index contributed by atoms with van der Waals surface area (Å²) in [5, 5.41) is 0. The molecule has 0 fully saturated rings. The third kappa shape index (κ3) is 2.29. The first-order chi connectivity index (χ1) is 4.33. The summed E-state index contributed by atoms with van der Waals surface area (Å²) in [5.41, 5.74) is 0. The summed E-state index contributed by atoms with van der Waals surface area (Å²) in [6.45, 7) is 0. The second kappa shape index (κ2) is 3.61. The van der Waals surface area contributed by atoms with Crippen LogP contribution >= 0.6 is 39.3 Å². The van der Waals surface area contributed by atoms with Gasteiger partial charge in [0, 0.05) is 12.0 Å². The lowest BCUT2D eigenvalue weighted by Crippen LogP contribution is -1.60. The number of rotatable bonds is 2. The van der Waals surface area contributed by atoms with E-state index >= 15 is 0 Å². The summed E-state index contributed by atoms with van der Waals surface area (Å²) >= 11 is 6.40. The molecule has 0 saturated carbocycles. The first-order valence-electron chi connectivity index (χ1n) is 2.29. The van der Waals surface area contributed by atoms with E-state index in [9.17, 15) is 0 Å². The maximum Gasteiger partial charge on any atom is 0.0888 e. The second-order valence-electron chi connectivity index (χ2n) is 1.31. The minimum atomic E-state index is 1.14. The zero-order valence-electron chi connectivity index (χ0n) is 4.76. The van der Waals surface area contributed by atoms with Crippen LogP contribution in [0.25, 0.3) is 0 Å². The van der Waals surface area contributed by atoms with Gasteiger partial charge >= 0.3 is 0 Å². The third-order valence-corrected chi connectivity index (χ3v) is 3.05. The van der Waals surface area contributed by atoms with E-state index in [1.54, 1.807) is 18.4 Å². The first kappa shape index (κ1) is 7.60. The SMILES string of the molecule is COSc1ccc(Br)s1. The van der Waals surface area contributed by atoms with Crippen molar-refractivity contribution in [1.29, 1.82) is 0 Å². The fourth-order valence-electron chi connectivity index (χ4n) is 0.425. The van der Waals surface area contributed by atoms with Crippen molar-refractivity contribution in [3.05, 3.63) is 15.9 Å². The van der Waals surface area contributed by atoms with Crippen molar-refractivity contribution in [2.24, 2.45) is 0 Å². The molecule has 0 atom stereocenters. The van der Waals surface area contributed by atoms with Crippen molar-refractivity contribution >= 4 is 39.3 Å². The van der Waals surface area contributed by atoms with Crippen LogP contribution in [0.4, 0.5) is 0 Å². The fourth-order valence-corrected chi connectivity index (χ4v) is 2.76. The van der Waals surface area contributed by atoms with Crippen LogP contribution in [-0.2, 0) is 4.18 Å². The van der Waals surface area contributed by atoms with Crippen molar-refractivity contribution in [3.8, 4) is 0 Å². The lowest BCUT2D eigenvalue weighted by atomic mass is 10.7. The van der Waals surface area contributed by atoms with Crippen LogP contribution in [0.5, 0.6) is 0 Å². The van der Waals surface area contributed by atoms with Gasteiger partial charge in [0.15, 0.2) is 0 Å². The molecule has 1 aromatic heterocycles. The Morgan fingerprint density at radius 3 is 2.89 bits per heavy atom. The Kier molecular flexibility index (Phi) is 3.04. The number of hydrogen-bond acceptors (Lipinski definition) is 3. The second-order valence-corrected chi connectivity index (χ2v) is 4.97. The topological polar surface area (TPSA) is 9.23 Å². The van der Waals surface area contributed by atoms with E-state index in [1.807, 2.05) is 12.1 Å². The molecule has 1 nitrogen and oxygen atoms in total. The van der Waals surface area contributed by atoms with Gasteiger partial charge in [-0.15, -0.1) is 11.3 Å². The molecule has 9 heavy (non-hydrogen) atoms. The Hall–Kier alpha value is 0.490. The summed E-state index contributed by atoms with van der Waals surface area (Å²) in [5.74, 6) is 0. The Labute approximate surface area is 70.7 Å². The third-order valence-electron chi connectivity index (χ3n) is 0.714. The largest absolute Gasteiger partial charge is 0.313 e. The normalized spacial score (nSPS) is 10.0. The molecule has 0 aliphatic carbocycles. The molecular formula is C5H5BrOS2. The highest BCUT2D eigenvalue weighted by molar-refractivity contribution is 9.11. The van der Waals surface area contributed by atoms with E-state index in [0.717, 1.165) is 3.79 Å². The Balaban J connectivity index is 2.61. The highest BCUT2D eigenvalue weighted by Gasteiger charge is 1.95. The van der Waals surface area contributed by atoms with Crippen molar-refractivity contribution in [2.75, 3.05) is 7.11 Å². The molecule has 1 heterocycles. The van der Waals surface area contributed by atoms with Crippen LogP contribution in [0.1, 0.15) is 0 Å². The molecule has 0 unspecified atom stereocenters. The van der Waals surface area contributed by atoms with E-state index in [4.69, 9.17) is 4.18 Å². The average molecular weight is 225 g/mol. The molecular weight excluding hydrogens is 220 g/mol. The molecule has 0 N–H and O–H groups in total. The summed E-state index contributed by atoms with van der Waals surface area (Å²) in [6.07, 6.45) is 0. The molecule has 0 saturated heterocycles. The summed E-state index contributed by atoms with van der Waals surface area (Å²) in [7, 11) is 1.66. The number of thiophene rings is 1. The summed E-state index contributed by atoms with van der Waals surface area (Å²) in [4.78, 5) is 0. The first-order valence-corrected chi connectivity index (χ1v) is 4.64. The molecule has 50 valence electrons. The smallest absolute Gasteiger partial charge is 0.0888 e. The molecule has 0 radical (unpaired) electrons. The van der Waals surface area contributed by atoms with Crippen LogP contribution in [0.2, 0.25) is 0 Å². The van der Waals surface area contributed by atoms with Gasteiger partial charge in [-0.3, -0.25) is 0 Å². The Morgan fingerprint density at radius 1 is 1.67 bits per heavy atom. The van der Waals surface area contributed by atoms with E-state index in [1.165, 1.54) is 16.3 Å². The lowest BCUT2D eigenvalue weighted by molar-refractivity contribution is 0.491. The van der Waals surface area contributed by atoms with Crippen LogP contribution < -0.4 is 0 Å². The number of halogens is 1. The van der Waals surface area contributed by atoms with Gasteiger partial charge < -0.3 is 4.18 Å². The molecule has 1 aromatic rings. The van der Waals surface area contributed by atoms with Gasteiger partial charge in [0.2, 0.25) is 0 Å². The predicted molar refractivity (Wildman–Crippen MR) is 44.9 cm³/mol. The Bertz CT molecular complexity index is 187. The maximum atomic E-state index is 4.85. The standard InChI is InChI=1S/C5H5BrOS2/c1-7-9-5-3-2-4(6)8-5/h2-3H,1H3. The van der Waals surface area contributed by atoms with Gasteiger partial charge in [-0.2, -0.15) is 0 Å². The van der Waals surface area contributed by atoms with Gasteiger partial charge in [-0.1, -0.05) is 0 Å². The van der Waals surface area contributed by atoms with Crippen LogP contribution in [0.3, 0.4) is 0 Å². The number of hydrogen-bond donors (Lipinski definition) is 0. The predicted octanol–water partition coefficient (Wildman–Crippen LogP) is 3.16. The molecule has 0 amide bonds. The zero-order valence-corrected chi connectivity index (χ0v) is 7.98. The zero-order chi connectivity index (χ0) is 6.69. The lowest BCUT2D eigenvalue weighted by Gasteiger charge is -1.87. The molecule has 0 aliphatic rings. The van der Waals surface area contributed by atoms with Crippen molar-refractivity contribution in [2.45, 2.75) is 4.21 Å². The molecule has 0 bridgehead atoms. The quantitative estimate of drug-likeness (QED) is 0.715. The van der Waals surface area contributed by atoms with Crippen LogP contribution in [0.15, 0.2) is 20.1 Å². The van der Waals surface area contributed by atoms with E-state index < -0.39 is 0 Å². The van der Waals surface area contributed by atoms with Crippen molar-refractivity contribution < 1.29 is 4.18 Å². The minimum Gasteiger partial charge on any atom is -0.313 e.